The highest BCUT2D eigenvalue weighted by Gasteiger charge is 2.56. The molecule has 0 unspecified atom stereocenters. The molecule has 1 aliphatic carbocycles. The minimum absolute atomic E-state index is 0.200. The van der Waals surface area contributed by atoms with Gasteiger partial charge in [0.15, 0.2) is 0 Å². The van der Waals surface area contributed by atoms with Crippen molar-refractivity contribution in [1.82, 2.24) is 0 Å². The number of hydrogen-bond acceptors (Lipinski definition) is 1. The quantitative estimate of drug-likeness (QED) is 0.844. The van der Waals surface area contributed by atoms with Gasteiger partial charge >= 0.3 is 5.97 Å². The molecule has 16 heavy (non-hydrogen) atoms. The Balaban J connectivity index is 2.16. The van der Waals surface area contributed by atoms with Crippen LogP contribution < -0.4 is 0 Å². The summed E-state index contributed by atoms with van der Waals surface area (Å²) in [4.78, 5) is 11.0. The summed E-state index contributed by atoms with van der Waals surface area (Å²) in [6.07, 6.45) is 0.767. The number of rotatable bonds is 3. The Bertz CT molecular complexity index is 405. The first-order valence-corrected chi connectivity index (χ1v) is 5.78. The molecule has 0 spiro atoms. The molecule has 0 aliphatic heterocycles. The zero-order valence-corrected chi connectivity index (χ0v) is 10.0. The molecule has 1 saturated carbocycles. The summed E-state index contributed by atoms with van der Waals surface area (Å²) in [5.41, 5.74) is 1.94. The van der Waals surface area contributed by atoms with Crippen LogP contribution in [0.1, 0.15) is 50.2 Å². The number of carboxylic acid groups (broad SMARTS) is 1. The van der Waals surface area contributed by atoms with Gasteiger partial charge in [0.25, 0.3) is 0 Å². The first-order chi connectivity index (χ1) is 7.45. The van der Waals surface area contributed by atoms with Crippen LogP contribution in [0.5, 0.6) is 0 Å². The molecule has 2 atom stereocenters. The molecule has 1 fully saturated rings. The van der Waals surface area contributed by atoms with Crippen LogP contribution in [0.4, 0.5) is 0 Å². The van der Waals surface area contributed by atoms with Crippen molar-refractivity contribution in [2.45, 2.75) is 39.0 Å². The smallest absolute Gasteiger partial charge is 0.309 e. The predicted octanol–water partition coefficient (Wildman–Crippen LogP) is 3.39. The van der Waals surface area contributed by atoms with Gasteiger partial charge in [0.1, 0.15) is 0 Å². The van der Waals surface area contributed by atoms with Gasteiger partial charge in [0.2, 0.25) is 0 Å². The van der Waals surface area contributed by atoms with Crippen LogP contribution in [0, 0.1) is 5.41 Å². The van der Waals surface area contributed by atoms with Crippen LogP contribution in [-0.2, 0) is 4.79 Å². The minimum atomic E-state index is -0.676. The van der Waals surface area contributed by atoms with Gasteiger partial charge in [-0.15, -0.1) is 0 Å². The Morgan fingerprint density at radius 3 is 2.31 bits per heavy atom. The summed E-state index contributed by atoms with van der Waals surface area (Å²) in [5, 5.41) is 9.09. The summed E-state index contributed by atoms with van der Waals surface area (Å²) in [7, 11) is 0. The third-order valence-corrected chi connectivity index (χ3v) is 3.73. The number of carbonyl (C=O) groups is 1. The number of carboxylic acids is 1. The van der Waals surface area contributed by atoms with Gasteiger partial charge in [0, 0.05) is 5.92 Å². The summed E-state index contributed by atoms with van der Waals surface area (Å²) >= 11 is 0. The third-order valence-electron chi connectivity index (χ3n) is 3.73. The largest absolute Gasteiger partial charge is 0.481 e. The molecule has 0 radical (unpaired) electrons. The topological polar surface area (TPSA) is 37.3 Å². The number of hydrogen-bond donors (Lipinski definition) is 1. The van der Waals surface area contributed by atoms with Gasteiger partial charge in [-0.3, -0.25) is 4.79 Å². The van der Waals surface area contributed by atoms with Gasteiger partial charge in [-0.05, 0) is 30.4 Å². The van der Waals surface area contributed by atoms with Crippen molar-refractivity contribution in [3.63, 3.8) is 0 Å². The lowest BCUT2D eigenvalue weighted by atomic mass is 9.97. The second-order valence-corrected chi connectivity index (χ2v) is 5.30. The van der Waals surface area contributed by atoms with Gasteiger partial charge in [-0.25, -0.2) is 0 Å². The van der Waals surface area contributed by atoms with E-state index in [4.69, 9.17) is 5.11 Å². The van der Waals surface area contributed by atoms with Gasteiger partial charge in [-0.1, -0.05) is 38.1 Å². The SMILES string of the molecule is CC(C)c1ccc([C@@H]2C[C@@]2(C)C(=O)O)cc1. The van der Waals surface area contributed by atoms with Crippen molar-refractivity contribution in [2.75, 3.05) is 0 Å². The highest BCUT2D eigenvalue weighted by atomic mass is 16.4. The average Bonchev–Trinajstić information content (AvgIpc) is 2.93. The van der Waals surface area contributed by atoms with Crippen LogP contribution in [0.25, 0.3) is 0 Å². The molecule has 0 amide bonds. The van der Waals surface area contributed by atoms with E-state index in [1.165, 1.54) is 5.56 Å². The lowest BCUT2D eigenvalue weighted by molar-refractivity contribution is -0.142. The second kappa shape index (κ2) is 3.62. The third kappa shape index (κ3) is 1.73. The predicted molar refractivity (Wildman–Crippen MR) is 63.6 cm³/mol. The molecule has 86 valence electrons. The molecular formula is C14H18O2. The number of aliphatic carboxylic acids is 1. The van der Waals surface area contributed by atoms with E-state index >= 15 is 0 Å². The molecule has 2 heteroatoms. The van der Waals surface area contributed by atoms with Crippen LogP contribution >= 0.6 is 0 Å². The van der Waals surface area contributed by atoms with Crippen molar-refractivity contribution in [2.24, 2.45) is 5.41 Å². The fourth-order valence-corrected chi connectivity index (χ4v) is 2.20. The molecule has 0 heterocycles. The van der Waals surface area contributed by atoms with E-state index in [1.54, 1.807) is 0 Å². The maximum atomic E-state index is 11.0. The first-order valence-electron chi connectivity index (χ1n) is 5.78. The molecule has 2 nitrogen and oxygen atoms in total. The van der Waals surface area contributed by atoms with Crippen LogP contribution in [0.2, 0.25) is 0 Å². The lowest BCUT2D eigenvalue weighted by Gasteiger charge is -2.08. The summed E-state index contributed by atoms with van der Waals surface area (Å²) in [6, 6.07) is 8.38. The molecule has 1 aromatic rings. The van der Waals surface area contributed by atoms with E-state index in [2.05, 4.69) is 38.1 Å². The van der Waals surface area contributed by atoms with Crippen molar-refractivity contribution < 1.29 is 9.90 Å². The zero-order valence-electron chi connectivity index (χ0n) is 10.0. The Hall–Kier alpha value is -1.31. The zero-order chi connectivity index (χ0) is 11.9. The van der Waals surface area contributed by atoms with Crippen molar-refractivity contribution in [3.05, 3.63) is 35.4 Å². The van der Waals surface area contributed by atoms with Crippen molar-refractivity contribution >= 4 is 5.97 Å². The number of benzene rings is 1. The fraction of sp³-hybridized carbons (Fsp3) is 0.500. The standard InChI is InChI=1S/C14H18O2/c1-9(2)10-4-6-11(7-5-10)12-8-14(12,3)13(15)16/h4-7,9,12H,8H2,1-3H3,(H,15,16)/t12-,14+/m0/s1. The Morgan fingerprint density at radius 2 is 1.94 bits per heavy atom. The van der Waals surface area contributed by atoms with Gasteiger partial charge in [-0.2, -0.15) is 0 Å². The van der Waals surface area contributed by atoms with E-state index < -0.39 is 11.4 Å². The second-order valence-electron chi connectivity index (χ2n) is 5.30. The van der Waals surface area contributed by atoms with E-state index in [-0.39, 0.29) is 5.92 Å². The van der Waals surface area contributed by atoms with E-state index in [1.807, 2.05) is 6.92 Å². The Morgan fingerprint density at radius 1 is 1.38 bits per heavy atom. The first kappa shape index (κ1) is 11.2. The monoisotopic (exact) mass is 218 g/mol. The molecule has 1 aliphatic rings. The molecular weight excluding hydrogens is 200 g/mol. The van der Waals surface area contributed by atoms with Crippen molar-refractivity contribution in [3.8, 4) is 0 Å². The van der Waals surface area contributed by atoms with Crippen LogP contribution in [-0.4, -0.2) is 11.1 Å². The average molecular weight is 218 g/mol. The lowest BCUT2D eigenvalue weighted by Crippen LogP contribution is -2.12. The highest BCUT2D eigenvalue weighted by Crippen LogP contribution is 2.59. The fourth-order valence-electron chi connectivity index (χ4n) is 2.20. The normalized spacial score (nSPS) is 28.1. The van der Waals surface area contributed by atoms with E-state index in [9.17, 15) is 4.79 Å². The molecule has 0 bridgehead atoms. The molecule has 0 aromatic heterocycles. The van der Waals surface area contributed by atoms with Gasteiger partial charge in [0.05, 0.1) is 5.41 Å². The summed E-state index contributed by atoms with van der Waals surface area (Å²) < 4.78 is 0. The maximum absolute atomic E-state index is 11.0. The van der Waals surface area contributed by atoms with Gasteiger partial charge < -0.3 is 5.11 Å². The molecule has 0 saturated heterocycles. The summed E-state index contributed by atoms with van der Waals surface area (Å²) in [5.74, 6) is 0.0516. The Labute approximate surface area is 96.3 Å². The molecule has 2 rings (SSSR count). The highest BCUT2D eigenvalue weighted by molar-refractivity contribution is 5.80. The molecule has 1 N–H and O–H groups in total. The van der Waals surface area contributed by atoms with Crippen molar-refractivity contribution in [1.29, 1.82) is 0 Å². The van der Waals surface area contributed by atoms with Crippen LogP contribution in [0.15, 0.2) is 24.3 Å². The van der Waals surface area contributed by atoms with E-state index in [0.717, 1.165) is 12.0 Å². The maximum Gasteiger partial charge on any atom is 0.309 e. The molecule has 1 aromatic carbocycles. The summed E-state index contributed by atoms with van der Waals surface area (Å²) in [6.45, 7) is 6.15. The Kier molecular flexibility index (Phi) is 2.53. The van der Waals surface area contributed by atoms with Crippen LogP contribution in [0.3, 0.4) is 0 Å². The minimum Gasteiger partial charge on any atom is -0.481 e. The van der Waals surface area contributed by atoms with E-state index in [0.29, 0.717) is 5.92 Å².